The zero-order chi connectivity index (χ0) is 37.4. The van der Waals surface area contributed by atoms with Gasteiger partial charge in [-0.25, -0.2) is 9.98 Å². The van der Waals surface area contributed by atoms with Crippen LogP contribution in [-0.4, -0.2) is 27.0 Å². The summed E-state index contributed by atoms with van der Waals surface area (Å²) in [5, 5.41) is 12.9. The minimum Gasteiger partial charge on any atom is -0.313 e. The largest absolute Gasteiger partial charge is 0.313 e. The topological polar surface area (TPSA) is 58.4 Å². The average Bonchev–Trinajstić information content (AvgIpc) is 3.78. The van der Waals surface area contributed by atoms with Crippen molar-refractivity contribution in [1.82, 2.24) is 9.13 Å². The van der Waals surface area contributed by atoms with Crippen LogP contribution in [0.15, 0.2) is 192 Å². The standard InChI is InChI=1S/C51H37N5/c52-50(54-51(36-17-6-2-7-18-36)53-34-35-15-4-1-5-16-35)39-19-14-22-41(31-39)56-47-26-13-11-24-43(47)45-33-38(28-30-49(45)56)37-27-29-48-44(32-37)42-23-10-12-25-46(42)55(48)40-20-8-3-9-21-40/h1-12,14-25,27-34,52H,13,26H2. The van der Waals surface area contributed by atoms with Crippen LogP contribution in [0.3, 0.4) is 0 Å². The van der Waals surface area contributed by atoms with E-state index in [1.165, 1.54) is 49.6 Å². The van der Waals surface area contributed by atoms with Gasteiger partial charge in [-0.3, -0.25) is 5.41 Å². The van der Waals surface area contributed by atoms with Gasteiger partial charge in [0, 0.05) is 56.1 Å². The van der Waals surface area contributed by atoms with Gasteiger partial charge in [0.2, 0.25) is 0 Å². The highest BCUT2D eigenvalue weighted by Gasteiger charge is 2.20. The number of hydrogen-bond donors (Lipinski definition) is 1. The summed E-state index contributed by atoms with van der Waals surface area (Å²) in [4.78, 5) is 9.54. The number of rotatable bonds is 6. The van der Waals surface area contributed by atoms with E-state index in [1.807, 2.05) is 72.8 Å². The van der Waals surface area contributed by atoms with Gasteiger partial charge < -0.3 is 9.13 Å². The highest BCUT2D eigenvalue weighted by atomic mass is 15.0. The molecule has 0 atom stereocenters. The van der Waals surface area contributed by atoms with Crippen molar-refractivity contribution < 1.29 is 0 Å². The lowest BCUT2D eigenvalue weighted by Crippen LogP contribution is -2.07. The molecule has 0 radical (unpaired) electrons. The summed E-state index contributed by atoms with van der Waals surface area (Å²) in [7, 11) is 0. The van der Waals surface area contributed by atoms with E-state index < -0.39 is 0 Å². The first-order chi connectivity index (χ1) is 27.7. The van der Waals surface area contributed by atoms with Crippen molar-refractivity contribution in [2.45, 2.75) is 12.8 Å². The fourth-order valence-electron chi connectivity index (χ4n) is 8.10. The molecule has 0 unspecified atom stereocenters. The number of nitrogens with one attached hydrogen (secondary N) is 1. The fraction of sp³-hybridized carbons (Fsp3) is 0.0392. The van der Waals surface area contributed by atoms with Crippen molar-refractivity contribution in [3.63, 3.8) is 0 Å². The molecule has 2 heterocycles. The van der Waals surface area contributed by atoms with Crippen LogP contribution in [-0.2, 0) is 6.42 Å². The van der Waals surface area contributed by atoms with Gasteiger partial charge in [0.15, 0.2) is 11.7 Å². The van der Waals surface area contributed by atoms with Gasteiger partial charge in [0.1, 0.15) is 0 Å². The molecule has 5 nitrogen and oxygen atoms in total. The van der Waals surface area contributed by atoms with Crippen molar-refractivity contribution >= 4 is 56.7 Å². The maximum absolute atomic E-state index is 9.16. The predicted molar refractivity (Wildman–Crippen MR) is 234 cm³/mol. The molecular weight excluding hydrogens is 683 g/mol. The van der Waals surface area contributed by atoms with Gasteiger partial charge in [-0.05, 0) is 84.1 Å². The molecular formula is C51H37N5. The molecule has 5 heteroatoms. The number of benzene rings is 7. The zero-order valence-corrected chi connectivity index (χ0v) is 30.7. The third-order valence-electron chi connectivity index (χ3n) is 10.7. The number of amidine groups is 2. The number of para-hydroxylation sites is 2. The first-order valence-electron chi connectivity index (χ1n) is 19.0. The molecule has 0 fully saturated rings. The van der Waals surface area contributed by atoms with Gasteiger partial charge in [-0.2, -0.15) is 0 Å². The van der Waals surface area contributed by atoms with Crippen molar-refractivity contribution in [2.75, 3.05) is 0 Å². The second-order valence-corrected chi connectivity index (χ2v) is 14.2. The average molecular weight is 720 g/mol. The third-order valence-corrected chi connectivity index (χ3v) is 10.7. The molecule has 0 spiro atoms. The second kappa shape index (κ2) is 14.1. The molecule has 1 aliphatic rings. The number of aromatic nitrogens is 2. The van der Waals surface area contributed by atoms with Crippen LogP contribution in [0, 0.1) is 5.41 Å². The van der Waals surface area contributed by atoms with E-state index in [2.05, 4.69) is 124 Å². The number of allylic oxidation sites excluding steroid dienone is 1. The van der Waals surface area contributed by atoms with Gasteiger partial charge in [-0.1, -0.05) is 133 Å². The smallest absolute Gasteiger partial charge is 0.161 e. The van der Waals surface area contributed by atoms with Crippen LogP contribution in [0.1, 0.15) is 34.4 Å². The van der Waals surface area contributed by atoms with E-state index in [9.17, 15) is 0 Å². The van der Waals surface area contributed by atoms with Gasteiger partial charge in [0.25, 0.3) is 0 Å². The first kappa shape index (κ1) is 33.2. The van der Waals surface area contributed by atoms with Gasteiger partial charge in [0.05, 0.1) is 16.6 Å². The monoisotopic (exact) mass is 719 g/mol. The lowest BCUT2D eigenvalue weighted by Gasteiger charge is -2.14. The van der Waals surface area contributed by atoms with E-state index >= 15 is 0 Å². The summed E-state index contributed by atoms with van der Waals surface area (Å²) in [6.45, 7) is 0. The molecule has 0 amide bonds. The summed E-state index contributed by atoms with van der Waals surface area (Å²) in [5.74, 6) is 0.654. The molecule has 0 saturated heterocycles. The maximum Gasteiger partial charge on any atom is 0.161 e. The quantitative estimate of drug-likeness (QED) is 0.131. The molecule has 7 aromatic carbocycles. The van der Waals surface area contributed by atoms with Crippen molar-refractivity contribution in [2.24, 2.45) is 9.98 Å². The lowest BCUT2D eigenvalue weighted by molar-refractivity contribution is 0.888. The van der Waals surface area contributed by atoms with Crippen LogP contribution in [0.4, 0.5) is 0 Å². The van der Waals surface area contributed by atoms with E-state index in [4.69, 9.17) is 15.4 Å². The number of nitrogens with zero attached hydrogens (tertiary/aromatic N) is 4. The molecule has 1 N–H and O–H groups in total. The number of hydrogen-bond acceptors (Lipinski definition) is 1. The lowest BCUT2D eigenvalue weighted by atomic mass is 9.98. The summed E-state index contributed by atoms with van der Waals surface area (Å²) in [6.07, 6.45) is 8.29. The molecule has 266 valence electrons. The summed E-state index contributed by atoms with van der Waals surface area (Å²) in [5.41, 5.74) is 13.2. The Hall–Kier alpha value is -7.37. The molecule has 0 bridgehead atoms. The Kier molecular flexibility index (Phi) is 8.38. The number of aliphatic imine (C=N–C) groups is 2. The summed E-state index contributed by atoms with van der Waals surface area (Å²) < 4.78 is 4.74. The molecule has 0 aliphatic heterocycles. The van der Waals surface area contributed by atoms with Crippen molar-refractivity contribution in [1.29, 1.82) is 5.41 Å². The number of fused-ring (bicyclic) bond motifs is 6. The molecule has 0 saturated carbocycles. The minimum absolute atomic E-state index is 0.160. The highest BCUT2D eigenvalue weighted by molar-refractivity contribution is 6.14. The van der Waals surface area contributed by atoms with Crippen LogP contribution >= 0.6 is 0 Å². The maximum atomic E-state index is 9.16. The minimum atomic E-state index is 0.160. The van der Waals surface area contributed by atoms with Gasteiger partial charge in [-0.15, -0.1) is 0 Å². The highest BCUT2D eigenvalue weighted by Crippen LogP contribution is 2.39. The van der Waals surface area contributed by atoms with Gasteiger partial charge >= 0.3 is 0 Å². The van der Waals surface area contributed by atoms with E-state index in [-0.39, 0.29) is 5.84 Å². The molecule has 9 aromatic rings. The summed E-state index contributed by atoms with van der Waals surface area (Å²) in [6, 6.07) is 61.0. The Bertz CT molecular complexity index is 3020. The van der Waals surface area contributed by atoms with E-state index in [0.29, 0.717) is 5.84 Å². The first-order valence-corrected chi connectivity index (χ1v) is 19.0. The van der Waals surface area contributed by atoms with Crippen LogP contribution in [0.25, 0.3) is 61.3 Å². The SMILES string of the molecule is N=C(N=C(N=Cc1ccccc1)c1ccccc1)c1cccc(-n2c3c(c4cc(-c5ccc6c(c5)c5ccccc5n6-c5ccccc5)ccc42)C=CCC3)c1. The van der Waals surface area contributed by atoms with E-state index in [0.717, 1.165) is 46.4 Å². The van der Waals surface area contributed by atoms with Crippen molar-refractivity contribution in [3.8, 4) is 22.5 Å². The second-order valence-electron chi connectivity index (χ2n) is 14.2. The molecule has 10 rings (SSSR count). The van der Waals surface area contributed by atoms with Crippen LogP contribution < -0.4 is 0 Å². The van der Waals surface area contributed by atoms with Crippen LogP contribution in [0.5, 0.6) is 0 Å². The summed E-state index contributed by atoms with van der Waals surface area (Å²) >= 11 is 0. The third kappa shape index (κ3) is 5.96. The molecule has 56 heavy (non-hydrogen) atoms. The Morgan fingerprint density at radius 1 is 0.536 bits per heavy atom. The Morgan fingerprint density at radius 2 is 1.16 bits per heavy atom. The molecule has 2 aromatic heterocycles. The van der Waals surface area contributed by atoms with Crippen molar-refractivity contribution in [3.05, 3.63) is 210 Å². The molecule has 1 aliphatic carbocycles. The van der Waals surface area contributed by atoms with E-state index in [1.54, 1.807) is 6.21 Å². The Morgan fingerprint density at radius 3 is 1.95 bits per heavy atom. The fourth-order valence-corrected chi connectivity index (χ4v) is 8.10. The predicted octanol–water partition coefficient (Wildman–Crippen LogP) is 12.2. The Labute approximate surface area is 325 Å². The van der Waals surface area contributed by atoms with Crippen LogP contribution in [0.2, 0.25) is 0 Å². The zero-order valence-electron chi connectivity index (χ0n) is 30.7. The Balaban J connectivity index is 1.05. The normalized spacial score (nSPS) is 12.9.